The first kappa shape index (κ1) is 22.6. The van der Waals surface area contributed by atoms with Gasteiger partial charge in [0.1, 0.15) is 16.9 Å². The fourth-order valence-corrected chi connectivity index (χ4v) is 4.35. The molecule has 0 saturated heterocycles. The molecule has 0 bridgehead atoms. The van der Waals surface area contributed by atoms with E-state index in [9.17, 15) is 4.79 Å². The van der Waals surface area contributed by atoms with E-state index < -0.39 is 5.41 Å². The number of hydrogen-bond acceptors (Lipinski definition) is 2. The van der Waals surface area contributed by atoms with E-state index in [0.29, 0.717) is 0 Å². The van der Waals surface area contributed by atoms with E-state index >= 15 is 0 Å². The second kappa shape index (κ2) is 10.3. The Morgan fingerprint density at radius 3 is 2.39 bits per heavy atom. The van der Waals surface area contributed by atoms with E-state index in [0.717, 1.165) is 54.7 Å². The smallest absolute Gasteiger partial charge is 0.235 e. The van der Waals surface area contributed by atoms with E-state index in [1.807, 2.05) is 44.2 Å². The number of aryl methyl sites for hydroxylation is 1. The van der Waals surface area contributed by atoms with Crippen molar-refractivity contribution in [3.05, 3.63) is 101 Å². The lowest BCUT2D eigenvalue weighted by molar-refractivity contribution is -0.125. The Balaban J connectivity index is 0.000000628. The van der Waals surface area contributed by atoms with Gasteiger partial charge in [-0.25, -0.2) is 0 Å². The van der Waals surface area contributed by atoms with Gasteiger partial charge >= 0.3 is 0 Å². The molecular weight excluding hydrogens is 382 g/mol. The number of carbonyl (C=O) groups excluding carboxylic acids is 1. The van der Waals surface area contributed by atoms with Crippen LogP contribution in [0.2, 0.25) is 0 Å². The molecule has 1 unspecified atom stereocenters. The normalized spacial score (nSPS) is 18.7. The van der Waals surface area contributed by atoms with Crippen LogP contribution in [0.15, 0.2) is 90.2 Å². The van der Waals surface area contributed by atoms with Crippen molar-refractivity contribution in [1.82, 2.24) is 5.32 Å². The molecule has 162 valence electrons. The number of carbonyl (C=O) groups is 1. The number of likely N-dealkylation sites (N-methyl/N-ethyl adjacent to an activating group) is 1. The number of amides is 1. The van der Waals surface area contributed by atoms with Crippen molar-refractivity contribution in [2.45, 2.75) is 51.4 Å². The first-order valence-electron chi connectivity index (χ1n) is 11.1. The van der Waals surface area contributed by atoms with Gasteiger partial charge in [0.05, 0.1) is 0 Å². The zero-order chi connectivity index (χ0) is 22.3. The third kappa shape index (κ3) is 4.99. The molecule has 3 nitrogen and oxygen atoms in total. The van der Waals surface area contributed by atoms with Crippen molar-refractivity contribution < 1.29 is 9.53 Å². The van der Waals surface area contributed by atoms with Crippen molar-refractivity contribution in [2.24, 2.45) is 0 Å². The summed E-state index contributed by atoms with van der Waals surface area (Å²) in [5, 5.41) is 2.94. The van der Waals surface area contributed by atoms with Crippen LogP contribution in [-0.2, 0) is 16.6 Å². The zero-order valence-corrected chi connectivity index (χ0v) is 18.9. The Bertz CT molecular complexity index is 983. The molecule has 0 saturated carbocycles. The number of para-hydroxylation sites is 1. The summed E-state index contributed by atoms with van der Waals surface area (Å²) < 4.78 is 6.16. The zero-order valence-electron chi connectivity index (χ0n) is 18.9. The predicted octanol–water partition coefficient (Wildman–Crippen LogP) is 6.27. The lowest BCUT2D eigenvalue weighted by Gasteiger charge is -2.41. The van der Waals surface area contributed by atoms with Crippen LogP contribution < -0.4 is 10.1 Å². The Kier molecular flexibility index (Phi) is 7.51. The monoisotopic (exact) mass is 415 g/mol. The summed E-state index contributed by atoms with van der Waals surface area (Å²) in [7, 11) is 1.73. The van der Waals surface area contributed by atoms with Crippen LogP contribution in [0.1, 0.15) is 50.7 Å². The number of allylic oxidation sites excluding steroid dienone is 4. The molecule has 1 aliphatic heterocycles. The highest BCUT2D eigenvalue weighted by Gasteiger charge is 2.49. The standard InChI is InChI=1S/C24H25NO2.C4H8/c1-25-23(26)24(17-9-12-18-10-3-2-4-11-18)19-13-5-7-15-21(19)27-22-16-8-6-14-20(22)24;1-4(2)3/h2-5,7,10-11,13-16H,6,8-9,12,17H2,1H3,(H,25,26);1H2,2-3H3. The van der Waals surface area contributed by atoms with E-state index in [4.69, 9.17) is 4.74 Å². The van der Waals surface area contributed by atoms with Gasteiger partial charge in [0, 0.05) is 18.2 Å². The fraction of sp³-hybridized carbons (Fsp3) is 0.321. The van der Waals surface area contributed by atoms with Crippen molar-refractivity contribution in [1.29, 1.82) is 0 Å². The van der Waals surface area contributed by atoms with E-state index in [1.165, 1.54) is 11.1 Å². The summed E-state index contributed by atoms with van der Waals surface area (Å²) in [5.74, 6) is 1.69. The molecular formula is C28H33NO2. The van der Waals surface area contributed by atoms with Crippen molar-refractivity contribution in [3.8, 4) is 5.75 Å². The van der Waals surface area contributed by atoms with Gasteiger partial charge in [0.25, 0.3) is 0 Å². The number of fused-ring (bicyclic) bond motifs is 2. The first-order chi connectivity index (χ1) is 15.0. The highest BCUT2D eigenvalue weighted by atomic mass is 16.5. The molecule has 4 rings (SSSR count). The molecule has 2 aromatic rings. The quantitative estimate of drug-likeness (QED) is 0.584. The second-order valence-corrected chi connectivity index (χ2v) is 8.39. The van der Waals surface area contributed by atoms with Crippen LogP contribution in [0, 0.1) is 0 Å². The Hall–Kier alpha value is -3.07. The number of rotatable bonds is 5. The lowest BCUT2D eigenvalue weighted by atomic mass is 9.66. The van der Waals surface area contributed by atoms with Crippen LogP contribution in [0.4, 0.5) is 0 Å². The van der Waals surface area contributed by atoms with Crippen LogP contribution in [0.25, 0.3) is 0 Å². The first-order valence-corrected chi connectivity index (χ1v) is 11.1. The maximum Gasteiger partial charge on any atom is 0.235 e. The van der Waals surface area contributed by atoms with Gasteiger partial charge in [0.15, 0.2) is 0 Å². The van der Waals surface area contributed by atoms with E-state index in [-0.39, 0.29) is 5.91 Å². The summed E-state index contributed by atoms with van der Waals surface area (Å²) >= 11 is 0. The van der Waals surface area contributed by atoms with E-state index in [2.05, 4.69) is 48.3 Å². The van der Waals surface area contributed by atoms with Crippen LogP contribution in [-0.4, -0.2) is 13.0 Å². The summed E-state index contributed by atoms with van der Waals surface area (Å²) in [6.45, 7) is 7.50. The lowest BCUT2D eigenvalue weighted by Crippen LogP contribution is -2.48. The van der Waals surface area contributed by atoms with Gasteiger partial charge in [0.2, 0.25) is 5.91 Å². The van der Waals surface area contributed by atoms with Crippen molar-refractivity contribution >= 4 is 5.91 Å². The molecule has 0 spiro atoms. The van der Waals surface area contributed by atoms with Crippen LogP contribution >= 0.6 is 0 Å². The van der Waals surface area contributed by atoms with Gasteiger partial charge in [-0.1, -0.05) is 60.2 Å². The molecule has 0 aromatic heterocycles. The van der Waals surface area contributed by atoms with Crippen molar-refractivity contribution in [3.63, 3.8) is 0 Å². The molecule has 2 aromatic carbocycles. The minimum atomic E-state index is -0.690. The van der Waals surface area contributed by atoms with Gasteiger partial charge in [-0.15, -0.1) is 6.58 Å². The number of nitrogens with one attached hydrogen (secondary N) is 1. The second-order valence-electron chi connectivity index (χ2n) is 8.39. The Morgan fingerprint density at radius 1 is 1.03 bits per heavy atom. The van der Waals surface area contributed by atoms with Crippen LogP contribution in [0.5, 0.6) is 5.75 Å². The summed E-state index contributed by atoms with van der Waals surface area (Å²) in [6, 6.07) is 18.4. The molecule has 2 aliphatic rings. The highest BCUT2D eigenvalue weighted by molar-refractivity contribution is 5.94. The summed E-state index contributed by atoms with van der Waals surface area (Å²) in [4.78, 5) is 13.3. The third-order valence-electron chi connectivity index (χ3n) is 5.61. The number of ether oxygens (including phenoxy) is 1. The number of benzene rings is 2. The Labute approximate surface area is 186 Å². The van der Waals surface area contributed by atoms with Gasteiger partial charge < -0.3 is 10.1 Å². The van der Waals surface area contributed by atoms with Gasteiger partial charge in [-0.05, 0) is 63.7 Å². The summed E-state index contributed by atoms with van der Waals surface area (Å²) in [5.41, 5.74) is 3.78. The minimum absolute atomic E-state index is 0.0466. The SMILES string of the molecule is C=C(C)C.CNC(=O)C1(CCCc2ccccc2)C2=CCCC=C2Oc2ccccc21. The molecule has 1 aliphatic carbocycles. The molecule has 1 N–H and O–H groups in total. The molecule has 3 heteroatoms. The topological polar surface area (TPSA) is 38.3 Å². The van der Waals surface area contributed by atoms with Crippen molar-refractivity contribution in [2.75, 3.05) is 7.05 Å². The molecule has 0 fully saturated rings. The maximum atomic E-state index is 13.3. The average Bonchev–Trinajstić information content (AvgIpc) is 2.78. The molecule has 1 atom stereocenters. The largest absolute Gasteiger partial charge is 0.457 e. The molecule has 1 heterocycles. The summed E-state index contributed by atoms with van der Waals surface area (Å²) in [6.07, 6.45) is 8.86. The number of hydrogen-bond donors (Lipinski definition) is 1. The molecule has 1 amide bonds. The molecule has 31 heavy (non-hydrogen) atoms. The minimum Gasteiger partial charge on any atom is -0.457 e. The van der Waals surface area contributed by atoms with Gasteiger partial charge in [-0.2, -0.15) is 0 Å². The van der Waals surface area contributed by atoms with Gasteiger partial charge in [-0.3, -0.25) is 4.79 Å². The average molecular weight is 416 g/mol. The third-order valence-corrected chi connectivity index (χ3v) is 5.61. The fourth-order valence-electron chi connectivity index (χ4n) is 4.35. The molecule has 0 radical (unpaired) electrons. The van der Waals surface area contributed by atoms with Crippen LogP contribution in [0.3, 0.4) is 0 Å². The Morgan fingerprint density at radius 2 is 1.68 bits per heavy atom. The van der Waals surface area contributed by atoms with E-state index in [1.54, 1.807) is 7.05 Å². The maximum absolute atomic E-state index is 13.3. The highest BCUT2D eigenvalue weighted by Crippen LogP contribution is 2.50. The predicted molar refractivity (Wildman–Crippen MR) is 128 cm³/mol.